The molecule has 0 atom stereocenters. The standard InChI is InChI=1S/C14H10ClNS/c1-17-14-8-12(9-16-10-14)6-5-11-3-2-4-13(15)7-11/h2-4,7-10H,1H3. The van der Waals surface area contributed by atoms with Gasteiger partial charge in [-0.25, -0.2) is 0 Å². The summed E-state index contributed by atoms with van der Waals surface area (Å²) in [5.74, 6) is 6.15. The van der Waals surface area contributed by atoms with Crippen molar-refractivity contribution in [3.63, 3.8) is 0 Å². The van der Waals surface area contributed by atoms with Gasteiger partial charge >= 0.3 is 0 Å². The molecular weight excluding hydrogens is 250 g/mol. The fraction of sp³-hybridized carbons (Fsp3) is 0.0714. The van der Waals surface area contributed by atoms with Crippen LogP contribution < -0.4 is 0 Å². The number of rotatable bonds is 1. The van der Waals surface area contributed by atoms with E-state index in [2.05, 4.69) is 16.8 Å². The van der Waals surface area contributed by atoms with E-state index in [4.69, 9.17) is 11.6 Å². The molecule has 0 amide bonds. The van der Waals surface area contributed by atoms with E-state index < -0.39 is 0 Å². The van der Waals surface area contributed by atoms with Gasteiger partial charge in [-0.1, -0.05) is 29.5 Å². The second kappa shape index (κ2) is 5.77. The molecule has 0 saturated carbocycles. The van der Waals surface area contributed by atoms with Crippen molar-refractivity contribution < 1.29 is 0 Å². The van der Waals surface area contributed by atoms with E-state index in [0.29, 0.717) is 5.02 Å². The maximum Gasteiger partial charge on any atom is 0.0443 e. The quantitative estimate of drug-likeness (QED) is 0.570. The van der Waals surface area contributed by atoms with Crippen LogP contribution in [0, 0.1) is 11.8 Å². The van der Waals surface area contributed by atoms with Crippen LogP contribution in [0.25, 0.3) is 0 Å². The third-order valence-corrected chi connectivity index (χ3v) is 3.05. The second-order valence-electron chi connectivity index (χ2n) is 3.37. The number of hydrogen-bond donors (Lipinski definition) is 0. The van der Waals surface area contributed by atoms with Gasteiger partial charge in [0, 0.05) is 33.4 Å². The Labute approximate surface area is 110 Å². The lowest BCUT2D eigenvalue weighted by Gasteiger charge is -1.95. The van der Waals surface area contributed by atoms with E-state index in [9.17, 15) is 0 Å². The van der Waals surface area contributed by atoms with Crippen LogP contribution in [0.4, 0.5) is 0 Å². The number of halogens is 1. The largest absolute Gasteiger partial charge is 0.262 e. The molecule has 0 radical (unpaired) electrons. The minimum absolute atomic E-state index is 0.702. The fourth-order valence-electron chi connectivity index (χ4n) is 1.31. The predicted octanol–water partition coefficient (Wildman–Crippen LogP) is 3.86. The summed E-state index contributed by atoms with van der Waals surface area (Å²) in [5.41, 5.74) is 1.82. The normalized spacial score (nSPS) is 9.53. The second-order valence-corrected chi connectivity index (χ2v) is 4.69. The minimum atomic E-state index is 0.702. The zero-order valence-electron chi connectivity index (χ0n) is 9.27. The molecule has 1 aromatic heterocycles. The third-order valence-electron chi connectivity index (χ3n) is 2.12. The van der Waals surface area contributed by atoms with Crippen molar-refractivity contribution in [3.8, 4) is 11.8 Å². The van der Waals surface area contributed by atoms with Gasteiger partial charge in [0.25, 0.3) is 0 Å². The Balaban J connectivity index is 2.26. The highest BCUT2D eigenvalue weighted by Gasteiger charge is 1.92. The van der Waals surface area contributed by atoms with Gasteiger partial charge in [0.1, 0.15) is 0 Å². The summed E-state index contributed by atoms with van der Waals surface area (Å²) in [6, 6.07) is 9.53. The average Bonchev–Trinajstić information content (AvgIpc) is 2.37. The molecule has 3 heteroatoms. The molecule has 1 aromatic carbocycles. The van der Waals surface area contributed by atoms with Crippen LogP contribution in [0.2, 0.25) is 5.02 Å². The predicted molar refractivity (Wildman–Crippen MR) is 73.5 cm³/mol. The van der Waals surface area contributed by atoms with Gasteiger partial charge in [-0.3, -0.25) is 4.98 Å². The molecule has 0 unspecified atom stereocenters. The number of pyridine rings is 1. The Bertz CT molecular complexity index is 584. The number of nitrogens with zero attached hydrogens (tertiary/aromatic N) is 1. The van der Waals surface area contributed by atoms with Crippen LogP contribution >= 0.6 is 23.4 Å². The first kappa shape index (κ1) is 12.0. The first-order valence-corrected chi connectivity index (χ1v) is 6.65. The molecule has 1 heterocycles. The van der Waals surface area contributed by atoms with Crippen molar-refractivity contribution in [2.45, 2.75) is 4.90 Å². The summed E-state index contributed by atoms with van der Waals surface area (Å²) in [4.78, 5) is 5.25. The highest BCUT2D eigenvalue weighted by Crippen LogP contribution is 2.14. The zero-order valence-corrected chi connectivity index (χ0v) is 10.8. The van der Waals surface area contributed by atoms with E-state index in [-0.39, 0.29) is 0 Å². The van der Waals surface area contributed by atoms with Crippen molar-refractivity contribution in [3.05, 3.63) is 58.9 Å². The summed E-state index contributed by atoms with van der Waals surface area (Å²) in [7, 11) is 0. The van der Waals surface area contributed by atoms with Crippen molar-refractivity contribution in [2.75, 3.05) is 6.26 Å². The number of hydrogen-bond acceptors (Lipinski definition) is 2. The molecule has 0 aliphatic carbocycles. The Morgan fingerprint density at radius 1 is 1.12 bits per heavy atom. The van der Waals surface area contributed by atoms with Gasteiger partial charge in [-0.2, -0.15) is 0 Å². The van der Waals surface area contributed by atoms with Crippen LogP contribution in [-0.4, -0.2) is 11.2 Å². The number of thioether (sulfide) groups is 1. The molecule has 0 aliphatic heterocycles. The van der Waals surface area contributed by atoms with E-state index in [0.717, 1.165) is 16.0 Å². The van der Waals surface area contributed by atoms with E-state index in [1.54, 1.807) is 18.0 Å². The smallest absolute Gasteiger partial charge is 0.0443 e. The van der Waals surface area contributed by atoms with Gasteiger partial charge in [-0.05, 0) is 30.5 Å². The minimum Gasteiger partial charge on any atom is -0.262 e. The molecule has 0 N–H and O–H groups in total. The highest BCUT2D eigenvalue weighted by molar-refractivity contribution is 7.98. The Morgan fingerprint density at radius 2 is 1.94 bits per heavy atom. The molecule has 1 nitrogen and oxygen atoms in total. The lowest BCUT2D eigenvalue weighted by atomic mass is 10.2. The molecule has 0 spiro atoms. The van der Waals surface area contributed by atoms with Crippen molar-refractivity contribution in [1.82, 2.24) is 4.98 Å². The fourth-order valence-corrected chi connectivity index (χ4v) is 1.91. The van der Waals surface area contributed by atoms with Crippen LogP contribution in [0.3, 0.4) is 0 Å². The summed E-state index contributed by atoms with van der Waals surface area (Å²) in [6.45, 7) is 0. The van der Waals surface area contributed by atoms with Crippen LogP contribution in [0.15, 0.2) is 47.6 Å². The van der Waals surface area contributed by atoms with Gasteiger partial charge in [0.15, 0.2) is 0 Å². The first-order chi connectivity index (χ1) is 8.28. The van der Waals surface area contributed by atoms with Crippen molar-refractivity contribution >= 4 is 23.4 Å². The maximum absolute atomic E-state index is 5.89. The number of aromatic nitrogens is 1. The number of benzene rings is 1. The molecule has 0 saturated heterocycles. The van der Waals surface area contributed by atoms with Gasteiger partial charge in [-0.15, -0.1) is 11.8 Å². The van der Waals surface area contributed by atoms with Crippen molar-refractivity contribution in [2.24, 2.45) is 0 Å². The molecule has 0 fully saturated rings. The Hall–Kier alpha value is -1.43. The van der Waals surface area contributed by atoms with Crippen molar-refractivity contribution in [1.29, 1.82) is 0 Å². The van der Waals surface area contributed by atoms with Crippen LogP contribution in [0.1, 0.15) is 11.1 Å². The maximum atomic E-state index is 5.89. The zero-order chi connectivity index (χ0) is 12.1. The molecule has 84 valence electrons. The lowest BCUT2D eigenvalue weighted by molar-refractivity contribution is 1.23. The molecule has 0 bridgehead atoms. The van der Waals surface area contributed by atoms with E-state index >= 15 is 0 Å². The van der Waals surface area contributed by atoms with Gasteiger partial charge < -0.3 is 0 Å². The van der Waals surface area contributed by atoms with Gasteiger partial charge in [0.2, 0.25) is 0 Å². The molecule has 17 heavy (non-hydrogen) atoms. The van der Waals surface area contributed by atoms with E-state index in [1.807, 2.05) is 42.8 Å². The Morgan fingerprint density at radius 3 is 2.71 bits per heavy atom. The van der Waals surface area contributed by atoms with E-state index in [1.165, 1.54) is 0 Å². The third kappa shape index (κ3) is 3.52. The summed E-state index contributed by atoms with van der Waals surface area (Å²) >= 11 is 7.55. The topological polar surface area (TPSA) is 12.9 Å². The van der Waals surface area contributed by atoms with Gasteiger partial charge in [0.05, 0.1) is 0 Å². The average molecular weight is 260 g/mol. The molecule has 2 rings (SSSR count). The SMILES string of the molecule is CSc1cncc(C#Cc2cccc(Cl)c2)c1. The summed E-state index contributed by atoms with van der Waals surface area (Å²) in [6.07, 6.45) is 5.61. The monoisotopic (exact) mass is 259 g/mol. The lowest BCUT2D eigenvalue weighted by Crippen LogP contribution is -1.80. The first-order valence-electron chi connectivity index (χ1n) is 5.04. The molecular formula is C14H10ClNS. The summed E-state index contributed by atoms with van der Waals surface area (Å²) < 4.78 is 0. The summed E-state index contributed by atoms with van der Waals surface area (Å²) in [5, 5.41) is 0.702. The van der Waals surface area contributed by atoms with Crippen LogP contribution in [0.5, 0.6) is 0 Å². The molecule has 0 aliphatic rings. The highest BCUT2D eigenvalue weighted by atomic mass is 35.5. The Kier molecular flexibility index (Phi) is 4.08. The van der Waals surface area contributed by atoms with Crippen LogP contribution in [-0.2, 0) is 0 Å². The molecule has 2 aromatic rings.